The third-order valence-corrected chi connectivity index (χ3v) is 6.14. The number of hydrazine groups is 1. The second kappa shape index (κ2) is 9.33. The number of phenols is 1. The number of rotatable bonds is 5. The number of carbonyl (C=O) groups is 2. The Bertz CT molecular complexity index is 1030. The van der Waals surface area contributed by atoms with Gasteiger partial charge in [0.2, 0.25) is 0 Å². The third-order valence-electron chi connectivity index (χ3n) is 3.76. The number of ether oxygens (including phenoxy) is 1. The summed E-state index contributed by atoms with van der Waals surface area (Å²) in [7, 11) is 0. The average Bonchev–Trinajstić information content (AvgIpc) is 2.93. The Morgan fingerprint density at radius 2 is 2.07 bits per heavy atom. The van der Waals surface area contributed by atoms with Crippen molar-refractivity contribution in [2.75, 3.05) is 6.61 Å². The van der Waals surface area contributed by atoms with Crippen molar-refractivity contribution in [2.24, 2.45) is 0 Å². The standard InChI is InChI=1S/C19H14ClIN2O4S2/c1-2-27-14-8-10(7-13(21)16(14)24)9-15-18(26)23(19(28)29-15)22-17(25)11-3-5-12(20)6-4-11/h3-9,24H,2H2,1H3,(H,22,25)/b15-9+. The maximum atomic E-state index is 12.7. The number of nitrogens with one attached hydrogen (secondary N) is 1. The second-order valence-corrected chi connectivity index (χ2v) is 9.02. The Morgan fingerprint density at radius 3 is 2.72 bits per heavy atom. The van der Waals surface area contributed by atoms with E-state index in [0.29, 0.717) is 37.0 Å². The van der Waals surface area contributed by atoms with Crippen LogP contribution in [-0.4, -0.2) is 32.9 Å². The number of hydrogen-bond donors (Lipinski definition) is 2. The van der Waals surface area contributed by atoms with E-state index >= 15 is 0 Å². The molecule has 0 saturated carbocycles. The van der Waals surface area contributed by atoms with Crippen LogP contribution in [0, 0.1) is 3.57 Å². The van der Waals surface area contributed by atoms with Crippen molar-refractivity contribution in [1.82, 2.24) is 10.4 Å². The van der Waals surface area contributed by atoms with Crippen LogP contribution in [0.15, 0.2) is 41.3 Å². The maximum Gasteiger partial charge on any atom is 0.285 e. The van der Waals surface area contributed by atoms with E-state index in [1.807, 2.05) is 29.5 Å². The Labute approximate surface area is 195 Å². The third kappa shape index (κ3) is 5.03. The number of hydrogen-bond acceptors (Lipinski definition) is 6. The fourth-order valence-corrected chi connectivity index (χ4v) is 4.36. The predicted molar refractivity (Wildman–Crippen MR) is 126 cm³/mol. The summed E-state index contributed by atoms with van der Waals surface area (Å²) in [4.78, 5) is 25.5. The molecule has 0 atom stereocenters. The van der Waals surface area contributed by atoms with Crippen LogP contribution >= 0.6 is 58.2 Å². The molecule has 1 aliphatic heterocycles. The quantitative estimate of drug-likeness (QED) is 0.316. The number of phenolic OH excluding ortho intramolecular Hbond substituents is 1. The van der Waals surface area contributed by atoms with E-state index < -0.39 is 11.8 Å². The monoisotopic (exact) mass is 560 g/mol. The number of halogens is 2. The zero-order valence-electron chi connectivity index (χ0n) is 14.9. The molecule has 2 amide bonds. The van der Waals surface area contributed by atoms with Crippen LogP contribution < -0.4 is 10.2 Å². The SMILES string of the molecule is CCOc1cc(/C=C2/SC(=S)N(NC(=O)c3ccc(Cl)cc3)C2=O)cc(I)c1O. The molecule has 0 bridgehead atoms. The minimum atomic E-state index is -0.475. The largest absolute Gasteiger partial charge is 0.504 e. The van der Waals surface area contributed by atoms with Gasteiger partial charge in [-0.05, 0) is 89.8 Å². The van der Waals surface area contributed by atoms with Gasteiger partial charge < -0.3 is 9.84 Å². The van der Waals surface area contributed by atoms with Crippen LogP contribution in [0.25, 0.3) is 6.08 Å². The molecule has 2 aromatic rings. The summed E-state index contributed by atoms with van der Waals surface area (Å²) in [6.07, 6.45) is 1.64. The minimum Gasteiger partial charge on any atom is -0.504 e. The Balaban J connectivity index is 1.81. The van der Waals surface area contributed by atoms with E-state index in [-0.39, 0.29) is 10.1 Å². The molecule has 29 heavy (non-hydrogen) atoms. The highest BCUT2D eigenvalue weighted by Gasteiger charge is 2.33. The molecule has 0 aliphatic carbocycles. The van der Waals surface area contributed by atoms with Gasteiger partial charge in [-0.1, -0.05) is 23.4 Å². The highest BCUT2D eigenvalue weighted by Crippen LogP contribution is 2.36. The van der Waals surface area contributed by atoms with Gasteiger partial charge in [0.1, 0.15) is 0 Å². The van der Waals surface area contributed by atoms with E-state index in [1.165, 1.54) is 0 Å². The molecule has 0 spiro atoms. The van der Waals surface area contributed by atoms with Crippen LogP contribution in [0.4, 0.5) is 0 Å². The van der Waals surface area contributed by atoms with Crippen LogP contribution in [-0.2, 0) is 4.79 Å². The molecule has 3 rings (SSSR count). The molecule has 6 nitrogen and oxygen atoms in total. The molecule has 1 aliphatic rings. The molecule has 1 heterocycles. The summed E-state index contributed by atoms with van der Waals surface area (Å²) in [6.45, 7) is 2.21. The van der Waals surface area contributed by atoms with Crippen molar-refractivity contribution >= 4 is 80.4 Å². The van der Waals surface area contributed by atoms with Gasteiger partial charge in [-0.2, -0.15) is 5.01 Å². The van der Waals surface area contributed by atoms with Gasteiger partial charge in [0.15, 0.2) is 15.8 Å². The summed E-state index contributed by atoms with van der Waals surface area (Å²) >= 11 is 14.1. The van der Waals surface area contributed by atoms with Crippen molar-refractivity contribution in [2.45, 2.75) is 6.92 Å². The highest BCUT2D eigenvalue weighted by molar-refractivity contribution is 14.1. The molecular weight excluding hydrogens is 547 g/mol. The Kier molecular flexibility index (Phi) is 7.04. The Morgan fingerprint density at radius 1 is 1.38 bits per heavy atom. The molecule has 1 saturated heterocycles. The first-order chi connectivity index (χ1) is 13.8. The summed E-state index contributed by atoms with van der Waals surface area (Å²) in [5.41, 5.74) is 3.53. The van der Waals surface area contributed by atoms with E-state index in [0.717, 1.165) is 16.8 Å². The summed E-state index contributed by atoms with van der Waals surface area (Å²) in [5, 5.41) is 11.6. The number of benzene rings is 2. The molecule has 2 aromatic carbocycles. The van der Waals surface area contributed by atoms with Gasteiger partial charge in [0, 0.05) is 10.6 Å². The molecule has 1 fully saturated rings. The van der Waals surface area contributed by atoms with Gasteiger partial charge in [-0.25, -0.2) is 0 Å². The van der Waals surface area contributed by atoms with Crippen LogP contribution in [0.1, 0.15) is 22.8 Å². The molecule has 2 N–H and O–H groups in total. The van der Waals surface area contributed by atoms with Crippen LogP contribution in [0.3, 0.4) is 0 Å². The number of thioether (sulfide) groups is 1. The molecule has 10 heteroatoms. The lowest BCUT2D eigenvalue weighted by Gasteiger charge is -2.15. The molecule has 0 radical (unpaired) electrons. The lowest BCUT2D eigenvalue weighted by molar-refractivity contribution is -0.123. The topological polar surface area (TPSA) is 78.9 Å². The second-order valence-electron chi connectivity index (χ2n) is 5.75. The number of aromatic hydroxyl groups is 1. The first-order valence-electron chi connectivity index (χ1n) is 8.30. The predicted octanol–water partition coefficient (Wildman–Crippen LogP) is 4.60. The van der Waals surface area contributed by atoms with Gasteiger partial charge in [-0.15, -0.1) is 0 Å². The first kappa shape index (κ1) is 21.9. The molecular formula is C19H14ClIN2O4S2. The van der Waals surface area contributed by atoms with Gasteiger partial charge >= 0.3 is 0 Å². The van der Waals surface area contributed by atoms with Gasteiger partial charge in [0.05, 0.1) is 15.1 Å². The number of nitrogens with zero attached hydrogens (tertiary/aromatic N) is 1. The van der Waals surface area contributed by atoms with Crippen molar-refractivity contribution < 1.29 is 19.4 Å². The molecule has 0 aromatic heterocycles. The number of thiocarbonyl (C=S) groups is 1. The van der Waals surface area contributed by atoms with Gasteiger partial charge in [-0.3, -0.25) is 15.0 Å². The van der Waals surface area contributed by atoms with E-state index in [1.54, 1.807) is 42.5 Å². The maximum absolute atomic E-state index is 12.7. The van der Waals surface area contributed by atoms with Crippen LogP contribution in [0.5, 0.6) is 11.5 Å². The van der Waals surface area contributed by atoms with Crippen molar-refractivity contribution in [1.29, 1.82) is 0 Å². The highest BCUT2D eigenvalue weighted by atomic mass is 127. The number of carbonyl (C=O) groups excluding carboxylic acids is 2. The first-order valence-corrected chi connectivity index (χ1v) is 11.0. The summed E-state index contributed by atoms with van der Waals surface area (Å²) < 4.78 is 6.22. The normalized spacial score (nSPS) is 15.1. The fraction of sp³-hybridized carbons (Fsp3) is 0.105. The van der Waals surface area contributed by atoms with E-state index in [4.69, 9.17) is 28.6 Å². The van der Waals surface area contributed by atoms with Crippen molar-refractivity contribution in [3.8, 4) is 11.5 Å². The van der Waals surface area contributed by atoms with Crippen molar-refractivity contribution in [3.05, 3.63) is 61.0 Å². The van der Waals surface area contributed by atoms with Crippen molar-refractivity contribution in [3.63, 3.8) is 0 Å². The smallest absolute Gasteiger partial charge is 0.285 e. The average molecular weight is 561 g/mol. The molecule has 0 unspecified atom stereocenters. The lowest BCUT2D eigenvalue weighted by Crippen LogP contribution is -2.44. The lowest BCUT2D eigenvalue weighted by atomic mass is 10.2. The van der Waals surface area contributed by atoms with Gasteiger partial charge in [0.25, 0.3) is 11.8 Å². The van der Waals surface area contributed by atoms with E-state index in [2.05, 4.69) is 5.43 Å². The minimum absolute atomic E-state index is 0.0485. The van der Waals surface area contributed by atoms with Crippen LogP contribution in [0.2, 0.25) is 5.02 Å². The summed E-state index contributed by atoms with van der Waals surface area (Å²) in [6, 6.07) is 9.64. The number of amides is 2. The van der Waals surface area contributed by atoms with E-state index in [9.17, 15) is 14.7 Å². The zero-order chi connectivity index (χ0) is 21.1. The molecule has 150 valence electrons. The fourth-order valence-electron chi connectivity index (χ4n) is 2.43. The zero-order valence-corrected chi connectivity index (χ0v) is 19.5. The summed E-state index contributed by atoms with van der Waals surface area (Å²) in [5.74, 6) is -0.537. The Hall–Kier alpha value is -1.82.